The zero-order valence-electron chi connectivity index (χ0n) is 10.7. The maximum Gasteiger partial charge on any atom is 0.0553 e. The van der Waals surface area contributed by atoms with Crippen LogP contribution in [0.3, 0.4) is 0 Å². The monoisotopic (exact) mass is 204 g/mol. The lowest BCUT2D eigenvalue weighted by Gasteiger charge is -2.31. The topological polar surface area (TPSA) is 29.5 Å². The van der Waals surface area contributed by atoms with Crippen molar-refractivity contribution in [3.05, 3.63) is 0 Å². The molecule has 0 aliphatic carbocycles. The molecule has 2 atom stereocenters. The molecule has 0 aromatic heterocycles. The Balaban J connectivity index is 0. The summed E-state index contributed by atoms with van der Waals surface area (Å²) in [7, 11) is 1.00. The van der Waals surface area contributed by atoms with E-state index in [4.69, 9.17) is 9.84 Å². The van der Waals surface area contributed by atoms with Gasteiger partial charge in [-0.3, -0.25) is 0 Å². The van der Waals surface area contributed by atoms with E-state index in [-0.39, 0.29) is 0 Å². The van der Waals surface area contributed by atoms with Crippen molar-refractivity contribution < 1.29 is 9.84 Å². The van der Waals surface area contributed by atoms with Crippen molar-refractivity contribution in [1.29, 1.82) is 0 Å². The number of rotatable bonds is 1. The van der Waals surface area contributed by atoms with Gasteiger partial charge in [0, 0.05) is 7.11 Å². The summed E-state index contributed by atoms with van der Waals surface area (Å²) in [4.78, 5) is 0. The van der Waals surface area contributed by atoms with Crippen molar-refractivity contribution in [1.82, 2.24) is 0 Å². The minimum absolute atomic E-state index is 0.494. The van der Waals surface area contributed by atoms with Crippen LogP contribution in [-0.2, 0) is 4.74 Å². The normalized spacial score (nSPS) is 30.6. The van der Waals surface area contributed by atoms with Crippen molar-refractivity contribution in [2.45, 2.75) is 66.1 Å². The van der Waals surface area contributed by atoms with Gasteiger partial charge in [-0.05, 0) is 32.6 Å². The second-order valence-electron chi connectivity index (χ2n) is 3.50. The van der Waals surface area contributed by atoms with E-state index in [1.807, 2.05) is 13.8 Å². The van der Waals surface area contributed by atoms with Gasteiger partial charge in [-0.2, -0.15) is 0 Å². The molecule has 0 bridgehead atoms. The number of hydrogen-bond acceptors (Lipinski definition) is 2. The van der Waals surface area contributed by atoms with E-state index in [1.165, 1.54) is 19.3 Å². The lowest BCUT2D eigenvalue weighted by Crippen LogP contribution is -2.28. The highest BCUT2D eigenvalue weighted by molar-refractivity contribution is 4.71. The van der Waals surface area contributed by atoms with E-state index in [2.05, 4.69) is 20.8 Å². The molecular weight excluding hydrogens is 176 g/mol. The van der Waals surface area contributed by atoms with Crippen LogP contribution < -0.4 is 0 Å². The Bertz CT molecular complexity index is 94.5. The molecule has 1 aliphatic rings. The Labute approximate surface area is 89.7 Å². The third-order valence-corrected chi connectivity index (χ3v) is 2.37. The van der Waals surface area contributed by atoms with E-state index in [1.54, 1.807) is 0 Å². The molecular formula is C12H28O2. The molecule has 2 unspecified atom stereocenters. The molecule has 0 saturated carbocycles. The first-order valence-electron chi connectivity index (χ1n) is 5.82. The van der Waals surface area contributed by atoms with Gasteiger partial charge in [0.15, 0.2) is 0 Å². The number of aliphatic hydroxyl groups excluding tert-OH is 1. The Morgan fingerprint density at radius 2 is 1.43 bits per heavy atom. The van der Waals surface area contributed by atoms with Crippen LogP contribution in [-0.4, -0.2) is 24.4 Å². The highest BCUT2D eigenvalue weighted by Gasteiger charge is 2.22. The van der Waals surface area contributed by atoms with E-state index in [9.17, 15) is 0 Å². The van der Waals surface area contributed by atoms with Crippen LogP contribution in [0.2, 0.25) is 0 Å². The van der Waals surface area contributed by atoms with Gasteiger partial charge in [0.2, 0.25) is 0 Å². The van der Waals surface area contributed by atoms with Crippen LogP contribution in [0.15, 0.2) is 0 Å². The molecule has 1 saturated heterocycles. The third kappa shape index (κ3) is 7.34. The third-order valence-electron chi connectivity index (χ3n) is 2.37. The molecule has 1 heterocycles. The fourth-order valence-electron chi connectivity index (χ4n) is 1.88. The van der Waals surface area contributed by atoms with Gasteiger partial charge >= 0.3 is 0 Å². The summed E-state index contributed by atoms with van der Waals surface area (Å²) in [6.07, 6.45) is 4.84. The van der Waals surface area contributed by atoms with Crippen LogP contribution in [0.1, 0.15) is 53.9 Å². The lowest BCUT2D eigenvalue weighted by atomic mass is 9.91. The predicted molar refractivity (Wildman–Crippen MR) is 62.5 cm³/mol. The molecule has 2 heteroatoms. The zero-order valence-corrected chi connectivity index (χ0v) is 10.7. The first kappa shape index (κ1) is 16.4. The summed E-state index contributed by atoms with van der Waals surface area (Å²) in [5, 5.41) is 7.00. The lowest BCUT2D eigenvalue weighted by molar-refractivity contribution is -0.0525. The Morgan fingerprint density at radius 3 is 1.71 bits per heavy atom. The van der Waals surface area contributed by atoms with Gasteiger partial charge in [-0.1, -0.05) is 27.2 Å². The SMILES string of the molecule is CC.CCC1CC(C)OC(C)C1.CO. The highest BCUT2D eigenvalue weighted by atomic mass is 16.5. The summed E-state index contributed by atoms with van der Waals surface area (Å²) in [5.41, 5.74) is 0. The average molecular weight is 204 g/mol. The minimum Gasteiger partial charge on any atom is -0.400 e. The number of ether oxygens (including phenoxy) is 1. The van der Waals surface area contributed by atoms with Crippen LogP contribution >= 0.6 is 0 Å². The Morgan fingerprint density at radius 1 is 1.07 bits per heavy atom. The van der Waals surface area contributed by atoms with Crippen LogP contribution in [0.4, 0.5) is 0 Å². The molecule has 14 heavy (non-hydrogen) atoms. The second-order valence-corrected chi connectivity index (χ2v) is 3.50. The molecule has 2 nitrogen and oxygen atoms in total. The highest BCUT2D eigenvalue weighted by Crippen LogP contribution is 2.26. The average Bonchev–Trinajstić information content (AvgIpc) is 2.22. The molecule has 0 aromatic carbocycles. The molecule has 1 aliphatic heterocycles. The van der Waals surface area contributed by atoms with Gasteiger partial charge in [0.05, 0.1) is 12.2 Å². The summed E-state index contributed by atoms with van der Waals surface area (Å²) in [5.74, 6) is 0.916. The molecule has 0 radical (unpaired) electrons. The van der Waals surface area contributed by atoms with Crippen LogP contribution in [0.25, 0.3) is 0 Å². The van der Waals surface area contributed by atoms with Crippen LogP contribution in [0, 0.1) is 5.92 Å². The maximum atomic E-state index is 7.00. The van der Waals surface area contributed by atoms with Crippen LogP contribution in [0.5, 0.6) is 0 Å². The maximum absolute atomic E-state index is 7.00. The Kier molecular flexibility index (Phi) is 12.8. The van der Waals surface area contributed by atoms with E-state index >= 15 is 0 Å². The quantitative estimate of drug-likeness (QED) is 0.710. The van der Waals surface area contributed by atoms with Gasteiger partial charge in [0.25, 0.3) is 0 Å². The summed E-state index contributed by atoms with van der Waals surface area (Å²) in [6, 6.07) is 0. The molecule has 88 valence electrons. The Hall–Kier alpha value is -0.0800. The van der Waals surface area contributed by atoms with Gasteiger partial charge in [-0.25, -0.2) is 0 Å². The van der Waals surface area contributed by atoms with Crippen molar-refractivity contribution in [3.63, 3.8) is 0 Å². The second kappa shape index (κ2) is 11.0. The van der Waals surface area contributed by atoms with Crippen molar-refractivity contribution >= 4 is 0 Å². The van der Waals surface area contributed by atoms with Gasteiger partial charge in [-0.15, -0.1) is 0 Å². The predicted octanol–water partition coefficient (Wildman–Crippen LogP) is 3.23. The molecule has 0 amide bonds. The zero-order chi connectivity index (χ0) is 11.6. The molecule has 0 aromatic rings. The summed E-state index contributed by atoms with van der Waals surface area (Å²) >= 11 is 0. The van der Waals surface area contributed by atoms with E-state index in [0.717, 1.165) is 13.0 Å². The first-order chi connectivity index (χ1) is 6.72. The van der Waals surface area contributed by atoms with Gasteiger partial charge < -0.3 is 9.84 Å². The van der Waals surface area contributed by atoms with Crippen molar-refractivity contribution in [3.8, 4) is 0 Å². The van der Waals surface area contributed by atoms with Crippen molar-refractivity contribution in [2.75, 3.05) is 7.11 Å². The number of hydrogen-bond donors (Lipinski definition) is 1. The summed E-state index contributed by atoms with van der Waals surface area (Å²) < 4.78 is 5.62. The molecule has 0 spiro atoms. The van der Waals surface area contributed by atoms with Crippen molar-refractivity contribution in [2.24, 2.45) is 5.92 Å². The molecule has 1 fully saturated rings. The standard InChI is InChI=1S/C9H18O.C2H6.CH4O/c1-4-9-5-7(2)10-8(3)6-9;2*1-2/h7-9H,4-6H2,1-3H3;1-2H3;2H,1H3. The number of aliphatic hydroxyl groups is 1. The fraction of sp³-hybridized carbons (Fsp3) is 1.00. The van der Waals surface area contributed by atoms with E-state index in [0.29, 0.717) is 12.2 Å². The first-order valence-corrected chi connectivity index (χ1v) is 5.82. The van der Waals surface area contributed by atoms with E-state index < -0.39 is 0 Å². The smallest absolute Gasteiger partial charge is 0.0553 e. The largest absolute Gasteiger partial charge is 0.400 e. The fourth-order valence-corrected chi connectivity index (χ4v) is 1.88. The minimum atomic E-state index is 0.494. The van der Waals surface area contributed by atoms with Gasteiger partial charge in [0.1, 0.15) is 0 Å². The molecule has 1 N–H and O–H groups in total. The molecule has 1 rings (SSSR count). The summed E-state index contributed by atoms with van der Waals surface area (Å²) in [6.45, 7) is 10.6.